The third kappa shape index (κ3) is 17.0. The average molecular weight is 498 g/mol. The van der Waals surface area contributed by atoms with E-state index in [1.807, 2.05) is 48.5 Å². The minimum atomic E-state index is -0.348. The highest BCUT2D eigenvalue weighted by atomic mass is 35.5. The zero-order chi connectivity index (χ0) is 27.1. The van der Waals surface area contributed by atoms with Gasteiger partial charge in [0.15, 0.2) is 5.78 Å². The summed E-state index contributed by atoms with van der Waals surface area (Å²) in [5.41, 5.74) is 7.46. The van der Waals surface area contributed by atoms with Crippen molar-refractivity contribution in [1.29, 1.82) is 0 Å². The summed E-state index contributed by atoms with van der Waals surface area (Å²) in [5.74, 6) is 0.659. The lowest BCUT2D eigenvalue weighted by molar-refractivity contribution is -0.111. The molecule has 194 valence electrons. The number of Topliss-reactive ketones (excluding diaryl/α,β-unsaturated/α-hetero) is 1. The summed E-state index contributed by atoms with van der Waals surface area (Å²) < 4.78 is 12.5. The van der Waals surface area contributed by atoms with Gasteiger partial charge < -0.3 is 0 Å². The molecule has 0 aliphatic carbocycles. The number of benzene rings is 1. The van der Waals surface area contributed by atoms with Crippen molar-refractivity contribution >= 4 is 35.3 Å². The minimum Gasteiger partial charge on any atom is -0.298 e. The molecule has 0 spiro atoms. The molecular formula is C26H45ClFN5O. The Morgan fingerprint density at radius 1 is 1.18 bits per heavy atom. The van der Waals surface area contributed by atoms with Gasteiger partial charge >= 0.3 is 0 Å². The molecule has 0 aromatic heterocycles. The van der Waals surface area contributed by atoms with Gasteiger partial charge in [-0.1, -0.05) is 86.6 Å². The van der Waals surface area contributed by atoms with Gasteiger partial charge in [0.1, 0.15) is 23.7 Å². The summed E-state index contributed by atoms with van der Waals surface area (Å²) in [6.07, 6.45) is 2.25. The number of allylic oxidation sites excluding steroid dienone is 1. The van der Waals surface area contributed by atoms with Crippen molar-refractivity contribution in [2.45, 2.75) is 75.7 Å². The monoisotopic (exact) mass is 497 g/mol. The Kier molecular flexibility index (Phi) is 25.0. The van der Waals surface area contributed by atoms with Crippen LogP contribution in [-0.4, -0.2) is 36.8 Å². The molecule has 1 heterocycles. The second-order valence-electron chi connectivity index (χ2n) is 6.50. The van der Waals surface area contributed by atoms with E-state index in [4.69, 9.17) is 11.6 Å². The molecule has 0 fully saturated rings. The van der Waals surface area contributed by atoms with Crippen LogP contribution in [0, 0.1) is 11.7 Å². The van der Waals surface area contributed by atoms with Gasteiger partial charge in [-0.2, -0.15) is 0 Å². The van der Waals surface area contributed by atoms with E-state index < -0.39 is 0 Å². The van der Waals surface area contributed by atoms with Crippen molar-refractivity contribution in [2.24, 2.45) is 20.9 Å². The molecule has 1 aliphatic rings. The van der Waals surface area contributed by atoms with Crippen LogP contribution in [0.15, 0.2) is 45.5 Å². The molecule has 1 aromatic rings. The average Bonchev–Trinajstić information content (AvgIpc) is 2.94. The van der Waals surface area contributed by atoms with Gasteiger partial charge in [0.25, 0.3) is 0 Å². The van der Waals surface area contributed by atoms with Crippen LogP contribution in [0.2, 0.25) is 5.02 Å². The Hall–Kier alpha value is -2.54. The highest BCUT2D eigenvalue weighted by Crippen LogP contribution is 2.15. The first kappa shape index (κ1) is 36.0. The molecule has 2 rings (SSSR count). The van der Waals surface area contributed by atoms with Gasteiger partial charge in [0, 0.05) is 13.5 Å². The van der Waals surface area contributed by atoms with Crippen LogP contribution in [0.4, 0.5) is 4.39 Å². The van der Waals surface area contributed by atoms with Gasteiger partial charge in [0.2, 0.25) is 0 Å². The molecule has 0 atom stereocenters. The summed E-state index contributed by atoms with van der Waals surface area (Å²) in [7, 11) is 0. The van der Waals surface area contributed by atoms with Crippen LogP contribution in [-0.2, 0) is 11.2 Å². The van der Waals surface area contributed by atoms with E-state index in [0.717, 1.165) is 12.0 Å². The number of carbonyl (C=O) groups is 1. The van der Waals surface area contributed by atoms with E-state index in [1.54, 1.807) is 12.1 Å². The van der Waals surface area contributed by atoms with Crippen molar-refractivity contribution < 1.29 is 9.18 Å². The summed E-state index contributed by atoms with van der Waals surface area (Å²) >= 11 is 5.52. The lowest BCUT2D eigenvalue weighted by Gasteiger charge is -2.12. The second kappa shape index (κ2) is 23.6. The molecule has 0 saturated carbocycles. The van der Waals surface area contributed by atoms with E-state index in [0.29, 0.717) is 30.5 Å². The number of rotatable bonds is 4. The van der Waals surface area contributed by atoms with Crippen molar-refractivity contribution in [3.8, 4) is 0 Å². The molecular weight excluding hydrogens is 453 g/mol. The zero-order valence-electron chi connectivity index (χ0n) is 22.7. The largest absolute Gasteiger partial charge is 0.298 e. The Morgan fingerprint density at radius 2 is 1.76 bits per heavy atom. The van der Waals surface area contributed by atoms with Gasteiger partial charge in [-0.15, -0.1) is 0 Å². The van der Waals surface area contributed by atoms with Crippen LogP contribution >= 0.6 is 11.6 Å². The highest BCUT2D eigenvalue weighted by Gasteiger charge is 2.11. The summed E-state index contributed by atoms with van der Waals surface area (Å²) in [6, 6.07) is 4.78. The summed E-state index contributed by atoms with van der Waals surface area (Å²) in [5, 5.41) is 0.208. The minimum absolute atomic E-state index is 0.164. The topological polar surface area (TPSA) is 78.2 Å². The molecule has 0 saturated heterocycles. The van der Waals surface area contributed by atoms with Gasteiger partial charge in [-0.25, -0.2) is 9.38 Å². The van der Waals surface area contributed by atoms with Crippen molar-refractivity contribution in [3.63, 3.8) is 0 Å². The van der Waals surface area contributed by atoms with Crippen molar-refractivity contribution in [1.82, 2.24) is 10.9 Å². The maximum Gasteiger partial charge on any atom is 0.180 e. The number of hydrogen-bond acceptors (Lipinski definition) is 5. The third-order valence-electron chi connectivity index (χ3n) is 3.53. The number of aliphatic imine (C=N–C) groups is 3. The molecule has 0 amide bonds. The number of nitrogens with zero attached hydrogens (tertiary/aromatic N) is 3. The Balaban J connectivity index is -0.000000507. The molecule has 1 aromatic carbocycles. The lowest BCUT2D eigenvalue weighted by Crippen LogP contribution is -2.41. The number of halogens is 2. The van der Waals surface area contributed by atoms with Crippen LogP contribution in [0.5, 0.6) is 0 Å². The Labute approximate surface area is 211 Å². The number of hydrogen-bond donors (Lipinski definition) is 2. The van der Waals surface area contributed by atoms with Crippen molar-refractivity contribution in [2.75, 3.05) is 13.1 Å². The zero-order valence-corrected chi connectivity index (χ0v) is 23.5. The molecule has 1 aliphatic heterocycles. The van der Waals surface area contributed by atoms with E-state index in [-0.39, 0.29) is 22.3 Å². The number of amidine groups is 1. The first-order valence-corrected chi connectivity index (χ1v) is 12.4. The van der Waals surface area contributed by atoms with E-state index in [9.17, 15) is 9.18 Å². The number of hydrazine groups is 1. The van der Waals surface area contributed by atoms with Gasteiger partial charge in [-0.3, -0.25) is 25.6 Å². The van der Waals surface area contributed by atoms with Gasteiger partial charge in [-0.05, 0) is 30.0 Å². The molecule has 0 unspecified atom stereocenters. The van der Waals surface area contributed by atoms with E-state index in [1.165, 1.54) is 19.3 Å². The fourth-order valence-electron chi connectivity index (χ4n) is 2.00. The normalized spacial score (nSPS) is 13.3. The molecule has 2 N–H and O–H groups in total. The van der Waals surface area contributed by atoms with Crippen LogP contribution in [0.3, 0.4) is 0 Å². The smallest absolute Gasteiger partial charge is 0.180 e. The first-order chi connectivity index (χ1) is 16.2. The maximum absolute atomic E-state index is 12.5. The predicted octanol–water partition coefficient (Wildman–Crippen LogP) is 6.84. The number of aryl methyl sites for hydroxylation is 1. The van der Waals surface area contributed by atoms with Crippen LogP contribution in [0.25, 0.3) is 0 Å². The van der Waals surface area contributed by atoms with E-state index in [2.05, 4.69) is 46.3 Å². The standard InChI is InChI=1S/C12H19N5O.C8H8ClF.3C2H6/c1-8(2)5-14-11-6-13-7-15-12(10(4)18)9(3)16-17-11;1-2-6-3-4-8(10)7(9)5-6;3*1-2/h7-8,16H,3,5-6H2,1-2,4H3,(H,14,17);3-5H,2H2,1H3;3*1-2H3. The van der Waals surface area contributed by atoms with Gasteiger partial charge in [0.05, 0.1) is 17.3 Å². The quantitative estimate of drug-likeness (QED) is 0.477. The van der Waals surface area contributed by atoms with Crippen molar-refractivity contribution in [3.05, 3.63) is 46.9 Å². The lowest BCUT2D eigenvalue weighted by atomic mass is 10.2. The number of ketones is 1. The number of carbonyl (C=O) groups excluding carboxylic acids is 1. The first-order valence-electron chi connectivity index (χ1n) is 12.0. The Morgan fingerprint density at radius 3 is 2.24 bits per heavy atom. The number of nitrogens with one attached hydrogen (secondary N) is 2. The molecule has 8 heteroatoms. The molecule has 6 nitrogen and oxygen atoms in total. The SMILES string of the molecule is C=C1NNC(=NCC(C)C)CN=CN=C1C(C)=O.CC.CC.CC.CCc1ccc(F)c(Cl)c1. The fraction of sp³-hybridized carbons (Fsp3) is 0.538. The molecule has 0 bridgehead atoms. The molecule has 0 radical (unpaired) electrons. The predicted molar refractivity (Wildman–Crippen MR) is 149 cm³/mol. The van der Waals surface area contributed by atoms with Crippen LogP contribution < -0.4 is 10.9 Å². The molecule has 34 heavy (non-hydrogen) atoms. The Bertz CT molecular complexity index is 789. The summed E-state index contributed by atoms with van der Waals surface area (Å²) in [6.45, 7) is 24.5. The van der Waals surface area contributed by atoms with Crippen LogP contribution in [0.1, 0.15) is 74.8 Å². The second-order valence-corrected chi connectivity index (χ2v) is 6.91. The van der Waals surface area contributed by atoms with E-state index >= 15 is 0 Å². The summed E-state index contributed by atoms with van der Waals surface area (Å²) in [4.78, 5) is 23.8. The maximum atomic E-state index is 12.5. The fourth-order valence-corrected chi connectivity index (χ4v) is 2.20. The third-order valence-corrected chi connectivity index (χ3v) is 3.82. The highest BCUT2D eigenvalue weighted by molar-refractivity contribution is 6.46.